The third kappa shape index (κ3) is 3.21. The molecule has 0 aliphatic carbocycles. The molecule has 1 aromatic heterocycles. The lowest BCUT2D eigenvalue weighted by atomic mass is 10.1. The van der Waals surface area contributed by atoms with Gasteiger partial charge in [-0.3, -0.25) is 5.41 Å². The van der Waals surface area contributed by atoms with E-state index in [4.69, 9.17) is 17.0 Å². The first-order valence-electron chi connectivity index (χ1n) is 10.3. The van der Waals surface area contributed by atoms with Crippen molar-refractivity contribution >= 4 is 45.4 Å². The molecule has 5 rings (SSSR count). The van der Waals surface area contributed by atoms with Crippen molar-refractivity contribution in [2.75, 3.05) is 29.4 Å². The summed E-state index contributed by atoms with van der Waals surface area (Å²) in [6, 6.07) is 11.9. The van der Waals surface area contributed by atoms with Gasteiger partial charge in [-0.05, 0) is 62.1 Å². The number of aromatic amines is 1. The molecule has 2 aliphatic heterocycles. The molecular formula is C23H24ClN5O. The monoisotopic (exact) mass is 421 g/mol. The second kappa shape index (κ2) is 7.36. The zero-order valence-corrected chi connectivity index (χ0v) is 17.6. The number of rotatable bonds is 3. The lowest BCUT2D eigenvalue weighted by Crippen LogP contribution is -2.29. The number of aliphatic hydroxyl groups is 1. The molecule has 6 nitrogen and oxygen atoms in total. The van der Waals surface area contributed by atoms with E-state index in [9.17, 15) is 5.11 Å². The van der Waals surface area contributed by atoms with Gasteiger partial charge in [0.2, 0.25) is 0 Å². The van der Waals surface area contributed by atoms with Crippen molar-refractivity contribution < 1.29 is 5.11 Å². The van der Waals surface area contributed by atoms with Crippen LogP contribution in [0.4, 0.5) is 11.4 Å². The molecule has 2 aliphatic rings. The van der Waals surface area contributed by atoms with Crippen molar-refractivity contribution in [1.82, 2.24) is 9.97 Å². The Morgan fingerprint density at radius 3 is 2.60 bits per heavy atom. The van der Waals surface area contributed by atoms with Gasteiger partial charge in [-0.25, -0.2) is 4.98 Å². The van der Waals surface area contributed by atoms with Crippen LogP contribution in [0.5, 0.6) is 0 Å². The molecule has 30 heavy (non-hydrogen) atoms. The largest absolute Gasteiger partial charge is 0.509 e. The van der Waals surface area contributed by atoms with Gasteiger partial charge in [0.1, 0.15) is 17.4 Å². The van der Waals surface area contributed by atoms with Crippen LogP contribution in [0.2, 0.25) is 5.02 Å². The number of amidine groups is 1. The Bertz CT molecular complexity index is 1180. The maximum absolute atomic E-state index is 10.6. The predicted molar refractivity (Wildman–Crippen MR) is 123 cm³/mol. The van der Waals surface area contributed by atoms with Crippen molar-refractivity contribution in [3.63, 3.8) is 0 Å². The SMILES string of the molecule is Cc1ccc(N2CC(O)=C(c3nc4ccc(N5CCCCC5)cc4[nH]3)C2=N)cc1Cl. The first-order valence-corrected chi connectivity index (χ1v) is 10.7. The number of nitrogens with zero attached hydrogens (tertiary/aromatic N) is 3. The van der Waals surface area contributed by atoms with Crippen molar-refractivity contribution in [3.8, 4) is 0 Å². The molecule has 3 heterocycles. The highest BCUT2D eigenvalue weighted by molar-refractivity contribution is 6.33. The average Bonchev–Trinajstić information content (AvgIpc) is 3.29. The van der Waals surface area contributed by atoms with Crippen molar-refractivity contribution in [2.24, 2.45) is 0 Å². The van der Waals surface area contributed by atoms with E-state index in [1.54, 1.807) is 4.90 Å². The summed E-state index contributed by atoms with van der Waals surface area (Å²) in [5.41, 5.74) is 5.12. The number of halogens is 1. The van der Waals surface area contributed by atoms with Gasteiger partial charge in [0.15, 0.2) is 0 Å². The summed E-state index contributed by atoms with van der Waals surface area (Å²) in [4.78, 5) is 12.1. The Morgan fingerprint density at radius 1 is 1.07 bits per heavy atom. The molecule has 3 aromatic rings. The average molecular weight is 422 g/mol. The van der Waals surface area contributed by atoms with E-state index in [-0.39, 0.29) is 18.1 Å². The maximum Gasteiger partial charge on any atom is 0.145 e. The van der Waals surface area contributed by atoms with Crippen LogP contribution in [0.15, 0.2) is 42.2 Å². The van der Waals surface area contributed by atoms with E-state index in [0.29, 0.717) is 16.4 Å². The van der Waals surface area contributed by atoms with Crippen LogP contribution in [0.1, 0.15) is 30.7 Å². The Kier molecular flexibility index (Phi) is 4.66. The molecule has 0 atom stereocenters. The number of piperidine rings is 1. The van der Waals surface area contributed by atoms with Crippen molar-refractivity contribution in [2.45, 2.75) is 26.2 Å². The number of benzene rings is 2. The van der Waals surface area contributed by atoms with Gasteiger partial charge >= 0.3 is 0 Å². The second-order valence-corrected chi connectivity index (χ2v) is 8.43. The number of imidazole rings is 1. The Balaban J connectivity index is 1.46. The predicted octanol–water partition coefficient (Wildman–Crippen LogP) is 5.28. The molecule has 2 aromatic carbocycles. The van der Waals surface area contributed by atoms with Gasteiger partial charge in [0.05, 0.1) is 23.2 Å². The Hall–Kier alpha value is -2.99. The summed E-state index contributed by atoms with van der Waals surface area (Å²) >= 11 is 6.27. The van der Waals surface area contributed by atoms with Gasteiger partial charge in [-0.15, -0.1) is 0 Å². The van der Waals surface area contributed by atoms with Gasteiger partial charge in [-0.1, -0.05) is 17.7 Å². The molecule has 1 fully saturated rings. The smallest absolute Gasteiger partial charge is 0.145 e. The number of hydrogen-bond donors (Lipinski definition) is 3. The minimum Gasteiger partial charge on any atom is -0.509 e. The lowest BCUT2D eigenvalue weighted by Gasteiger charge is -2.28. The number of anilines is 2. The van der Waals surface area contributed by atoms with Crippen LogP contribution in [-0.4, -0.2) is 40.5 Å². The van der Waals surface area contributed by atoms with Gasteiger partial charge < -0.3 is 19.9 Å². The molecule has 0 radical (unpaired) electrons. The molecule has 3 N–H and O–H groups in total. The van der Waals surface area contributed by atoms with E-state index in [0.717, 1.165) is 35.4 Å². The summed E-state index contributed by atoms with van der Waals surface area (Å²) in [6.45, 7) is 4.33. The highest BCUT2D eigenvalue weighted by Crippen LogP contribution is 2.33. The van der Waals surface area contributed by atoms with Crippen LogP contribution in [0, 0.1) is 12.3 Å². The maximum atomic E-state index is 10.6. The van der Waals surface area contributed by atoms with Crippen LogP contribution >= 0.6 is 11.6 Å². The second-order valence-electron chi connectivity index (χ2n) is 8.02. The van der Waals surface area contributed by atoms with E-state index in [1.807, 2.05) is 31.2 Å². The summed E-state index contributed by atoms with van der Waals surface area (Å²) in [5.74, 6) is 0.860. The van der Waals surface area contributed by atoms with Crippen LogP contribution in [0.3, 0.4) is 0 Å². The summed E-state index contributed by atoms with van der Waals surface area (Å²) < 4.78 is 0. The number of aromatic nitrogens is 2. The van der Waals surface area contributed by atoms with Crippen molar-refractivity contribution in [1.29, 1.82) is 5.41 Å². The minimum atomic E-state index is 0.131. The quantitative estimate of drug-likeness (QED) is 0.537. The molecule has 0 bridgehead atoms. The van der Waals surface area contributed by atoms with Gasteiger partial charge in [-0.2, -0.15) is 0 Å². The summed E-state index contributed by atoms with van der Waals surface area (Å²) in [7, 11) is 0. The molecule has 0 spiro atoms. The van der Waals surface area contributed by atoms with Gasteiger partial charge in [0, 0.05) is 29.5 Å². The molecule has 0 saturated carbocycles. The Labute approximate surface area is 180 Å². The standard InChI is InChI=1S/C23H24ClN5O/c1-14-5-6-16(11-17(14)24)29-13-20(30)21(22(29)25)23-26-18-8-7-15(12-19(18)27-23)28-9-3-2-4-10-28/h5-8,11-12,25,30H,2-4,9-10,13H2,1H3,(H,26,27). The highest BCUT2D eigenvalue weighted by Gasteiger charge is 2.31. The first kappa shape index (κ1) is 19.0. The number of aryl methyl sites for hydroxylation is 1. The van der Waals surface area contributed by atoms with Gasteiger partial charge in [0.25, 0.3) is 0 Å². The number of fused-ring (bicyclic) bond motifs is 1. The van der Waals surface area contributed by atoms with E-state index in [2.05, 4.69) is 27.0 Å². The zero-order valence-electron chi connectivity index (χ0n) is 16.9. The topological polar surface area (TPSA) is 79.2 Å². The third-order valence-electron chi connectivity index (χ3n) is 5.99. The first-order chi connectivity index (χ1) is 14.5. The number of H-pyrrole nitrogens is 1. The van der Waals surface area contributed by atoms with Crippen LogP contribution < -0.4 is 9.80 Å². The fourth-order valence-corrected chi connectivity index (χ4v) is 4.44. The Morgan fingerprint density at radius 2 is 1.83 bits per heavy atom. The molecule has 0 amide bonds. The van der Waals surface area contributed by atoms with Crippen molar-refractivity contribution in [3.05, 3.63) is 58.6 Å². The molecule has 0 unspecified atom stereocenters. The summed E-state index contributed by atoms with van der Waals surface area (Å²) in [5, 5.41) is 20.0. The normalized spacial score (nSPS) is 17.5. The van der Waals surface area contributed by atoms with E-state index < -0.39 is 0 Å². The van der Waals surface area contributed by atoms with E-state index >= 15 is 0 Å². The lowest BCUT2D eigenvalue weighted by molar-refractivity contribution is 0.411. The fourth-order valence-electron chi connectivity index (χ4n) is 4.26. The molecule has 7 heteroatoms. The molecular weight excluding hydrogens is 398 g/mol. The highest BCUT2D eigenvalue weighted by atomic mass is 35.5. The number of hydrogen-bond acceptors (Lipinski definition) is 4. The van der Waals surface area contributed by atoms with E-state index in [1.165, 1.54) is 24.9 Å². The third-order valence-corrected chi connectivity index (χ3v) is 6.40. The number of nitrogens with one attached hydrogen (secondary N) is 2. The fraction of sp³-hybridized carbons (Fsp3) is 0.304. The summed E-state index contributed by atoms with van der Waals surface area (Å²) in [6.07, 6.45) is 3.75. The molecule has 154 valence electrons. The van der Waals surface area contributed by atoms with Crippen LogP contribution in [0.25, 0.3) is 16.6 Å². The minimum absolute atomic E-state index is 0.131. The zero-order chi connectivity index (χ0) is 20.8. The molecule has 1 saturated heterocycles. The van der Waals surface area contributed by atoms with Crippen LogP contribution in [-0.2, 0) is 0 Å². The number of aliphatic hydroxyl groups excluding tert-OH is 1.